The molecule has 2 N–H and O–H groups in total. The zero-order chi connectivity index (χ0) is 30.2. The van der Waals surface area contributed by atoms with Crippen LogP contribution in [0.15, 0.2) is 60.7 Å². The van der Waals surface area contributed by atoms with Crippen LogP contribution in [0.2, 0.25) is 0 Å². The first-order chi connectivity index (χ1) is 19.4. The minimum atomic E-state index is -0.725. The molecule has 0 aliphatic heterocycles. The number of amides is 1. The topological polar surface area (TPSA) is 77.0 Å². The third kappa shape index (κ3) is 8.18. The number of phenols is 1. The first kappa shape index (κ1) is 31.9. The van der Waals surface area contributed by atoms with Crippen LogP contribution >= 0.6 is 0 Å². The van der Waals surface area contributed by atoms with Crippen LogP contribution in [0.4, 0.5) is 5.69 Å². The fourth-order valence-electron chi connectivity index (χ4n) is 4.44. The van der Waals surface area contributed by atoms with Crippen molar-refractivity contribution in [1.82, 2.24) is 0 Å². The summed E-state index contributed by atoms with van der Waals surface area (Å²) in [7, 11) is 1.61. The standard InChI is InChI=1S/C35H47NO5/c1-9-12-13-32(41-31-21-14-24(34(4,5)10-2)22-28(31)35(6,7)11-3)33(38)36-29-23-27(19-20-30(29)37)40-26-17-15-25(39-8)16-18-26/h14-23,32,37H,9-13H2,1-8H3,(H,36,38). The van der Waals surface area contributed by atoms with E-state index in [1.807, 2.05) is 6.07 Å². The lowest BCUT2D eigenvalue weighted by Crippen LogP contribution is -2.34. The molecule has 0 saturated carbocycles. The Morgan fingerprint density at radius 1 is 0.854 bits per heavy atom. The highest BCUT2D eigenvalue weighted by Gasteiger charge is 2.29. The molecular formula is C35H47NO5. The molecule has 1 atom stereocenters. The largest absolute Gasteiger partial charge is 0.506 e. The molecule has 0 saturated heterocycles. The number of ether oxygens (including phenoxy) is 3. The van der Waals surface area contributed by atoms with Gasteiger partial charge in [-0.15, -0.1) is 0 Å². The number of rotatable bonds is 14. The summed E-state index contributed by atoms with van der Waals surface area (Å²) in [6.45, 7) is 15.4. The van der Waals surface area contributed by atoms with E-state index in [-0.39, 0.29) is 28.2 Å². The van der Waals surface area contributed by atoms with Crippen LogP contribution in [0.25, 0.3) is 0 Å². The minimum absolute atomic E-state index is 0.0342. The Labute approximate surface area is 246 Å². The van der Waals surface area contributed by atoms with E-state index in [1.54, 1.807) is 43.5 Å². The van der Waals surface area contributed by atoms with Crippen LogP contribution in [-0.4, -0.2) is 24.2 Å². The summed E-state index contributed by atoms with van der Waals surface area (Å²) in [6.07, 6.45) is 3.54. The maximum atomic E-state index is 13.6. The number of hydrogen-bond donors (Lipinski definition) is 2. The molecular weight excluding hydrogens is 514 g/mol. The molecule has 3 rings (SSSR count). The van der Waals surface area contributed by atoms with Gasteiger partial charge in [-0.1, -0.05) is 67.0 Å². The van der Waals surface area contributed by atoms with E-state index in [1.165, 1.54) is 11.6 Å². The Bertz CT molecular complexity index is 1300. The van der Waals surface area contributed by atoms with Crippen molar-refractivity contribution in [3.05, 3.63) is 71.8 Å². The van der Waals surface area contributed by atoms with Gasteiger partial charge in [0.05, 0.1) is 12.8 Å². The molecule has 0 radical (unpaired) electrons. The summed E-state index contributed by atoms with van der Waals surface area (Å²) < 4.78 is 17.7. The number of anilines is 1. The third-order valence-electron chi connectivity index (χ3n) is 8.16. The normalized spacial score (nSPS) is 12.5. The van der Waals surface area contributed by atoms with Crippen LogP contribution < -0.4 is 19.5 Å². The molecule has 0 spiro atoms. The Kier molecular flexibility index (Phi) is 10.7. The minimum Gasteiger partial charge on any atom is -0.506 e. The van der Waals surface area contributed by atoms with Crippen molar-refractivity contribution in [2.75, 3.05) is 12.4 Å². The molecule has 0 aliphatic carbocycles. The van der Waals surface area contributed by atoms with Crippen molar-refractivity contribution in [1.29, 1.82) is 0 Å². The van der Waals surface area contributed by atoms with Gasteiger partial charge >= 0.3 is 0 Å². The zero-order valence-corrected chi connectivity index (χ0v) is 26.0. The lowest BCUT2D eigenvalue weighted by atomic mass is 9.76. The second-order valence-corrected chi connectivity index (χ2v) is 11.9. The van der Waals surface area contributed by atoms with Crippen molar-refractivity contribution in [2.24, 2.45) is 0 Å². The smallest absolute Gasteiger partial charge is 0.265 e. The van der Waals surface area contributed by atoms with Gasteiger partial charge in [-0.25, -0.2) is 0 Å². The zero-order valence-electron chi connectivity index (χ0n) is 26.0. The fraction of sp³-hybridized carbons (Fsp3) is 0.457. The van der Waals surface area contributed by atoms with E-state index < -0.39 is 6.10 Å². The van der Waals surface area contributed by atoms with Crippen molar-refractivity contribution >= 4 is 11.6 Å². The van der Waals surface area contributed by atoms with E-state index >= 15 is 0 Å². The number of hydrogen-bond acceptors (Lipinski definition) is 5. The molecule has 6 heteroatoms. The predicted molar refractivity (Wildman–Crippen MR) is 167 cm³/mol. The number of aromatic hydroxyl groups is 1. The van der Waals surface area contributed by atoms with Crippen LogP contribution in [-0.2, 0) is 15.6 Å². The van der Waals surface area contributed by atoms with Crippen molar-refractivity contribution < 1.29 is 24.1 Å². The van der Waals surface area contributed by atoms with Crippen molar-refractivity contribution in [2.45, 2.75) is 97.5 Å². The van der Waals surface area contributed by atoms with Gasteiger partial charge in [0.1, 0.15) is 28.7 Å². The van der Waals surface area contributed by atoms with Crippen molar-refractivity contribution in [3.8, 4) is 28.7 Å². The van der Waals surface area contributed by atoms with E-state index in [9.17, 15) is 9.90 Å². The number of unbranched alkanes of at least 4 members (excludes halogenated alkanes) is 1. The number of carbonyl (C=O) groups is 1. The predicted octanol–water partition coefficient (Wildman–Crippen LogP) is 9.14. The third-order valence-corrected chi connectivity index (χ3v) is 8.16. The Balaban J connectivity index is 1.88. The molecule has 0 aliphatic rings. The maximum absolute atomic E-state index is 13.6. The molecule has 1 amide bonds. The summed E-state index contributed by atoms with van der Waals surface area (Å²) >= 11 is 0. The highest BCUT2D eigenvalue weighted by molar-refractivity contribution is 5.95. The molecule has 41 heavy (non-hydrogen) atoms. The van der Waals surface area contributed by atoms with Gasteiger partial charge in [-0.05, 0) is 84.5 Å². The first-order valence-electron chi connectivity index (χ1n) is 14.7. The quantitative estimate of drug-likeness (QED) is 0.192. The van der Waals surface area contributed by atoms with Gasteiger partial charge in [-0.2, -0.15) is 0 Å². The van der Waals surface area contributed by atoms with Crippen LogP contribution in [0.1, 0.15) is 91.7 Å². The van der Waals surface area contributed by atoms with Gasteiger partial charge < -0.3 is 24.6 Å². The molecule has 0 heterocycles. The molecule has 0 aromatic heterocycles. The molecule has 3 aromatic carbocycles. The summed E-state index contributed by atoms with van der Waals surface area (Å²) in [5.74, 6) is 2.18. The Hall–Kier alpha value is -3.67. The SMILES string of the molecule is CCCCC(Oc1ccc(C(C)(C)CC)cc1C(C)(C)CC)C(=O)Nc1cc(Oc2ccc(OC)cc2)ccc1O. The lowest BCUT2D eigenvalue weighted by molar-refractivity contribution is -0.123. The molecule has 222 valence electrons. The van der Waals surface area contributed by atoms with Gasteiger partial charge in [0.2, 0.25) is 0 Å². The monoisotopic (exact) mass is 561 g/mol. The van der Waals surface area contributed by atoms with E-state index in [0.29, 0.717) is 17.9 Å². The van der Waals surface area contributed by atoms with Crippen molar-refractivity contribution in [3.63, 3.8) is 0 Å². The molecule has 3 aromatic rings. The lowest BCUT2D eigenvalue weighted by Gasteiger charge is -2.31. The average Bonchev–Trinajstić information content (AvgIpc) is 2.97. The second-order valence-electron chi connectivity index (χ2n) is 11.9. The second kappa shape index (κ2) is 13.8. The summed E-state index contributed by atoms with van der Waals surface area (Å²) in [6, 6.07) is 18.4. The first-order valence-corrected chi connectivity index (χ1v) is 14.7. The van der Waals surface area contributed by atoms with Gasteiger partial charge in [0, 0.05) is 11.6 Å². The van der Waals surface area contributed by atoms with Crippen LogP contribution in [0, 0.1) is 0 Å². The number of benzene rings is 3. The van der Waals surface area contributed by atoms with Crippen LogP contribution in [0.5, 0.6) is 28.7 Å². The van der Waals surface area contributed by atoms with E-state index in [4.69, 9.17) is 14.2 Å². The number of phenolic OH excluding ortho intramolecular Hbond substituents is 1. The highest BCUT2D eigenvalue weighted by Crippen LogP contribution is 2.39. The van der Waals surface area contributed by atoms with Crippen LogP contribution in [0.3, 0.4) is 0 Å². The van der Waals surface area contributed by atoms with E-state index in [0.717, 1.165) is 42.7 Å². The molecule has 0 fully saturated rings. The molecule has 0 bridgehead atoms. The van der Waals surface area contributed by atoms with E-state index in [2.05, 4.69) is 65.9 Å². The summed E-state index contributed by atoms with van der Waals surface area (Å²) in [5, 5.41) is 13.4. The molecule has 6 nitrogen and oxygen atoms in total. The number of nitrogens with one attached hydrogen (secondary N) is 1. The number of methoxy groups -OCH3 is 1. The highest BCUT2D eigenvalue weighted by atomic mass is 16.5. The fourth-order valence-corrected chi connectivity index (χ4v) is 4.44. The maximum Gasteiger partial charge on any atom is 0.265 e. The average molecular weight is 562 g/mol. The summed E-state index contributed by atoms with van der Waals surface area (Å²) in [5.41, 5.74) is 2.53. The number of carbonyl (C=O) groups excluding carboxylic acids is 1. The van der Waals surface area contributed by atoms with Gasteiger partial charge in [0.15, 0.2) is 6.10 Å². The summed E-state index contributed by atoms with van der Waals surface area (Å²) in [4.78, 5) is 13.6. The molecule has 1 unspecified atom stereocenters. The Morgan fingerprint density at radius 2 is 1.49 bits per heavy atom. The Morgan fingerprint density at radius 3 is 2.10 bits per heavy atom. The van der Waals surface area contributed by atoms with Gasteiger partial charge in [0.25, 0.3) is 5.91 Å². The van der Waals surface area contributed by atoms with Gasteiger partial charge in [-0.3, -0.25) is 4.79 Å².